The monoisotopic (exact) mass is 209 g/mol. The van der Waals surface area contributed by atoms with Crippen molar-refractivity contribution in [2.45, 2.75) is 25.1 Å². The quantitative estimate of drug-likeness (QED) is 0.753. The van der Waals surface area contributed by atoms with E-state index in [9.17, 15) is 0 Å². The molecule has 0 radical (unpaired) electrons. The molecule has 0 spiro atoms. The van der Waals surface area contributed by atoms with Gasteiger partial charge in [-0.1, -0.05) is 31.5 Å². The van der Waals surface area contributed by atoms with Crippen LogP contribution in [0.1, 0.15) is 19.4 Å². The van der Waals surface area contributed by atoms with E-state index in [1.54, 1.807) is 7.11 Å². The van der Waals surface area contributed by atoms with Gasteiger partial charge in [-0.25, -0.2) is 0 Å². The van der Waals surface area contributed by atoms with Crippen LogP contribution < -0.4 is 10.5 Å². The molecule has 0 unspecified atom stereocenters. The van der Waals surface area contributed by atoms with Gasteiger partial charge in [-0.05, 0) is 23.3 Å². The van der Waals surface area contributed by atoms with E-state index in [4.69, 9.17) is 10.5 Å². The maximum absolute atomic E-state index is 5.98. The second-order valence-electron chi connectivity index (χ2n) is 4.34. The summed E-state index contributed by atoms with van der Waals surface area (Å²) in [6, 6.07) is 9.42. The Morgan fingerprint density at radius 3 is 2.29 bits per heavy atom. The average molecular weight is 209 g/mol. The van der Waals surface area contributed by atoms with Gasteiger partial charge >= 0.3 is 0 Å². The molecule has 0 aromatic heterocycles. The Kier molecular flexibility index (Phi) is 3.72. The fraction of sp³-hybridized carbons (Fsp3) is 0.455. The maximum Gasteiger partial charge on any atom is 0.118 e. The molecule has 0 heterocycles. The number of nitrogens with two attached hydrogens (primary N) is 1. The summed E-state index contributed by atoms with van der Waals surface area (Å²) in [6.07, 6.45) is 0. The first-order chi connectivity index (χ1) is 6.51. The molecule has 0 atom stereocenters. The van der Waals surface area contributed by atoms with E-state index in [0.29, 0.717) is 0 Å². The van der Waals surface area contributed by atoms with Gasteiger partial charge in [0.05, 0.1) is 7.11 Å². The Bertz CT molecular complexity index is 276. The molecule has 0 saturated carbocycles. The summed E-state index contributed by atoms with van der Waals surface area (Å²) in [6.45, 7) is 4.23. The molecule has 0 aliphatic carbocycles. The first-order valence-corrected chi connectivity index (χ1v) is 6.64. The molecule has 0 aliphatic heterocycles. The van der Waals surface area contributed by atoms with Gasteiger partial charge < -0.3 is 10.5 Å². The van der Waals surface area contributed by atoms with Crippen molar-refractivity contribution in [2.75, 3.05) is 7.11 Å². The summed E-state index contributed by atoms with van der Waals surface area (Å²) < 4.78 is 5.10. The zero-order valence-corrected chi connectivity index (χ0v) is 10.6. The lowest BCUT2D eigenvalue weighted by Crippen LogP contribution is -2.40. The highest BCUT2D eigenvalue weighted by molar-refractivity contribution is 6.39. The third kappa shape index (κ3) is 3.94. The van der Waals surface area contributed by atoms with Crippen LogP contribution in [-0.2, 0) is 6.04 Å². The molecule has 1 aromatic carbocycles. The molecule has 3 heteroatoms. The predicted molar refractivity (Wildman–Crippen MR) is 63.5 cm³/mol. The molecule has 0 aliphatic rings. The van der Waals surface area contributed by atoms with Crippen LogP contribution in [0.4, 0.5) is 0 Å². The molecule has 1 rings (SSSR count). The summed E-state index contributed by atoms with van der Waals surface area (Å²) in [5.41, 5.74) is 7.35. The minimum absolute atomic E-state index is 0.0555. The topological polar surface area (TPSA) is 35.2 Å². The van der Waals surface area contributed by atoms with Crippen molar-refractivity contribution in [2.24, 2.45) is 5.73 Å². The van der Waals surface area contributed by atoms with Crippen LogP contribution >= 0.6 is 0 Å². The Morgan fingerprint density at radius 2 is 1.86 bits per heavy atom. The maximum atomic E-state index is 5.98. The second-order valence-corrected chi connectivity index (χ2v) is 7.16. The van der Waals surface area contributed by atoms with Crippen molar-refractivity contribution in [1.29, 1.82) is 0 Å². The largest absolute Gasteiger partial charge is 0.497 e. The van der Waals surface area contributed by atoms with E-state index < -0.39 is 0 Å². The SMILES string of the molecule is COc1ccc(C[SiH2]C(C)(C)N)cc1. The molecule has 2 N–H and O–H groups in total. The molecule has 14 heavy (non-hydrogen) atoms. The van der Waals surface area contributed by atoms with Gasteiger partial charge in [0, 0.05) is 9.52 Å². The summed E-state index contributed by atoms with van der Waals surface area (Å²) in [4.78, 5) is 0. The van der Waals surface area contributed by atoms with Crippen LogP contribution in [0.3, 0.4) is 0 Å². The number of benzene rings is 1. The van der Waals surface area contributed by atoms with E-state index in [2.05, 4.69) is 26.0 Å². The van der Waals surface area contributed by atoms with E-state index in [0.717, 1.165) is 11.8 Å². The van der Waals surface area contributed by atoms with E-state index in [1.807, 2.05) is 12.1 Å². The van der Waals surface area contributed by atoms with Crippen molar-refractivity contribution >= 4 is 9.52 Å². The molecular formula is C11H19NOSi. The van der Waals surface area contributed by atoms with Gasteiger partial charge in [0.15, 0.2) is 0 Å². The Hall–Kier alpha value is -0.803. The van der Waals surface area contributed by atoms with Gasteiger partial charge in [-0.2, -0.15) is 0 Å². The third-order valence-corrected chi connectivity index (χ3v) is 4.33. The van der Waals surface area contributed by atoms with Crippen molar-refractivity contribution in [1.82, 2.24) is 0 Å². The summed E-state index contributed by atoms with van der Waals surface area (Å²) in [5, 5.41) is 0.0555. The second kappa shape index (κ2) is 4.62. The molecule has 0 amide bonds. The highest BCUT2D eigenvalue weighted by Crippen LogP contribution is 2.12. The van der Waals surface area contributed by atoms with Gasteiger partial charge in [0.1, 0.15) is 5.75 Å². The van der Waals surface area contributed by atoms with E-state index >= 15 is 0 Å². The Morgan fingerprint density at radius 1 is 1.29 bits per heavy atom. The fourth-order valence-corrected chi connectivity index (χ4v) is 2.53. The first-order valence-electron chi connectivity index (χ1n) is 4.93. The van der Waals surface area contributed by atoms with Crippen molar-refractivity contribution < 1.29 is 4.74 Å². The Balaban J connectivity index is 2.52. The molecular weight excluding hydrogens is 190 g/mol. The molecule has 0 fully saturated rings. The summed E-state index contributed by atoms with van der Waals surface area (Å²) in [5.74, 6) is 0.919. The third-order valence-electron chi connectivity index (χ3n) is 2.22. The fourth-order valence-electron chi connectivity index (χ4n) is 1.26. The smallest absolute Gasteiger partial charge is 0.118 e. The number of methoxy groups -OCH3 is 1. The number of hydrogen-bond acceptors (Lipinski definition) is 2. The summed E-state index contributed by atoms with van der Waals surface area (Å²) in [7, 11) is 1.46. The van der Waals surface area contributed by atoms with Crippen LogP contribution in [0.5, 0.6) is 5.75 Å². The molecule has 1 aromatic rings. The van der Waals surface area contributed by atoms with Crippen molar-refractivity contribution in [3.05, 3.63) is 29.8 Å². The molecule has 0 saturated heterocycles. The minimum atomic E-state index is -0.230. The van der Waals surface area contributed by atoms with Crippen LogP contribution in [0.2, 0.25) is 0 Å². The van der Waals surface area contributed by atoms with Crippen molar-refractivity contribution in [3.63, 3.8) is 0 Å². The molecule has 2 nitrogen and oxygen atoms in total. The lowest BCUT2D eigenvalue weighted by Gasteiger charge is -2.17. The van der Waals surface area contributed by atoms with Gasteiger partial charge in [0.2, 0.25) is 0 Å². The number of hydrogen-bond donors (Lipinski definition) is 1. The van der Waals surface area contributed by atoms with Crippen LogP contribution in [0.15, 0.2) is 24.3 Å². The Labute approximate surface area is 88.3 Å². The number of ether oxygens (including phenoxy) is 1. The minimum Gasteiger partial charge on any atom is -0.497 e. The van der Waals surface area contributed by atoms with Gasteiger partial charge in [-0.3, -0.25) is 0 Å². The van der Waals surface area contributed by atoms with E-state index in [-0.39, 0.29) is 14.7 Å². The predicted octanol–water partition coefficient (Wildman–Crippen LogP) is 1.06. The molecule has 0 bridgehead atoms. The lowest BCUT2D eigenvalue weighted by atomic mass is 10.2. The lowest BCUT2D eigenvalue weighted by molar-refractivity contribution is 0.414. The van der Waals surface area contributed by atoms with Gasteiger partial charge in [-0.15, -0.1) is 0 Å². The zero-order chi connectivity index (χ0) is 10.6. The normalized spacial score (nSPS) is 12.3. The van der Waals surface area contributed by atoms with Crippen LogP contribution in [0, 0.1) is 0 Å². The number of rotatable bonds is 4. The highest BCUT2D eigenvalue weighted by atomic mass is 28.2. The first kappa shape index (κ1) is 11.3. The zero-order valence-electron chi connectivity index (χ0n) is 9.21. The highest BCUT2D eigenvalue weighted by Gasteiger charge is 2.10. The van der Waals surface area contributed by atoms with Crippen LogP contribution in [-0.4, -0.2) is 21.8 Å². The molecule has 78 valence electrons. The average Bonchev–Trinajstić information content (AvgIpc) is 2.14. The van der Waals surface area contributed by atoms with Crippen LogP contribution in [0.25, 0.3) is 0 Å². The van der Waals surface area contributed by atoms with E-state index in [1.165, 1.54) is 5.56 Å². The van der Waals surface area contributed by atoms with Crippen molar-refractivity contribution in [3.8, 4) is 5.75 Å². The standard InChI is InChI=1S/C11H19NOSi/c1-11(2,12)14-8-9-4-6-10(13-3)7-5-9/h4-7H,8,12,14H2,1-3H3. The van der Waals surface area contributed by atoms with Gasteiger partial charge in [0.25, 0.3) is 0 Å². The summed E-state index contributed by atoms with van der Waals surface area (Å²) >= 11 is 0.